The van der Waals surface area contributed by atoms with E-state index in [0.717, 1.165) is 30.0 Å². The summed E-state index contributed by atoms with van der Waals surface area (Å²) in [5.41, 5.74) is 3.64. The number of nitrogens with zero attached hydrogens (tertiary/aromatic N) is 1. The highest BCUT2D eigenvalue weighted by atomic mass is 32.2. The van der Waals surface area contributed by atoms with Crippen molar-refractivity contribution in [3.8, 4) is 16.9 Å². The second-order valence-corrected chi connectivity index (χ2v) is 7.51. The quantitative estimate of drug-likeness (QED) is 0.430. The zero-order valence-corrected chi connectivity index (χ0v) is 18.3. The maximum absolute atomic E-state index is 8.90. The maximum Gasteiger partial charge on any atom is 0.122 e. The first-order chi connectivity index (χ1) is 13.1. The zero-order valence-electron chi connectivity index (χ0n) is 17.5. The van der Waals surface area contributed by atoms with Crippen LogP contribution in [0.4, 0.5) is 0 Å². The molecule has 0 aromatic heterocycles. The van der Waals surface area contributed by atoms with Crippen molar-refractivity contribution < 1.29 is 9.84 Å². The molecule has 0 aliphatic heterocycles. The Bertz CT molecular complexity index is 661. The summed E-state index contributed by atoms with van der Waals surface area (Å²) in [4.78, 5) is 3.42. The Kier molecular flexibility index (Phi) is 11.9. The normalized spacial score (nSPS) is 10.5. The molecule has 1 N–H and O–H groups in total. The third-order valence-electron chi connectivity index (χ3n) is 4.08. The van der Waals surface area contributed by atoms with Crippen LogP contribution in [-0.2, 0) is 0 Å². The summed E-state index contributed by atoms with van der Waals surface area (Å²) in [5.74, 6) is 2.04. The van der Waals surface area contributed by atoms with Crippen LogP contribution in [0.2, 0.25) is 0 Å². The fourth-order valence-electron chi connectivity index (χ4n) is 2.72. The highest BCUT2D eigenvalue weighted by Gasteiger charge is 2.05. The fraction of sp³-hybridized carbons (Fsp3) is 0.478. The molecule has 0 heterocycles. The van der Waals surface area contributed by atoms with Crippen LogP contribution < -0.4 is 4.74 Å². The Labute approximate surface area is 169 Å². The Morgan fingerprint density at radius 1 is 1.04 bits per heavy atom. The van der Waals surface area contributed by atoms with Crippen LogP contribution in [0.3, 0.4) is 0 Å². The molecule has 150 valence electrons. The van der Waals surface area contributed by atoms with Crippen molar-refractivity contribution in [1.29, 1.82) is 0 Å². The van der Waals surface area contributed by atoms with Crippen molar-refractivity contribution in [3.05, 3.63) is 48.0 Å². The Morgan fingerprint density at radius 3 is 2.44 bits per heavy atom. The van der Waals surface area contributed by atoms with Crippen LogP contribution in [0.5, 0.6) is 5.75 Å². The molecule has 4 heteroatoms. The van der Waals surface area contributed by atoms with E-state index in [0.29, 0.717) is 13.2 Å². The van der Waals surface area contributed by atoms with Gasteiger partial charge in [-0.1, -0.05) is 39.0 Å². The average molecular weight is 390 g/mol. The lowest BCUT2D eigenvalue weighted by Crippen LogP contribution is -2.24. The maximum atomic E-state index is 8.90. The molecule has 0 bridgehead atoms. The van der Waals surface area contributed by atoms with E-state index >= 15 is 0 Å². The molecule has 0 saturated carbocycles. The van der Waals surface area contributed by atoms with Crippen molar-refractivity contribution in [2.75, 3.05) is 39.1 Å². The highest BCUT2D eigenvalue weighted by Crippen LogP contribution is 2.29. The molecule has 0 aliphatic carbocycles. The zero-order chi connectivity index (χ0) is 20.1. The number of hydrogen-bond donors (Lipinski definition) is 1. The smallest absolute Gasteiger partial charge is 0.122 e. The van der Waals surface area contributed by atoms with E-state index < -0.39 is 0 Å². The molecule has 0 fully saturated rings. The van der Waals surface area contributed by atoms with Gasteiger partial charge in [-0.3, -0.25) is 0 Å². The molecule has 2 aromatic rings. The minimum absolute atomic E-state index is 0.204. The van der Waals surface area contributed by atoms with Crippen molar-refractivity contribution in [1.82, 2.24) is 4.90 Å². The largest absolute Gasteiger partial charge is 0.493 e. The van der Waals surface area contributed by atoms with Crippen LogP contribution in [0.25, 0.3) is 11.1 Å². The van der Waals surface area contributed by atoms with E-state index in [1.165, 1.54) is 16.0 Å². The number of aliphatic hydroxyl groups is 1. The number of thioether (sulfide) groups is 1. The molecule has 3 nitrogen and oxygen atoms in total. The Morgan fingerprint density at radius 2 is 1.78 bits per heavy atom. The van der Waals surface area contributed by atoms with E-state index in [4.69, 9.17) is 9.84 Å². The third kappa shape index (κ3) is 8.37. The molecule has 0 amide bonds. The number of likely N-dealkylation sites (N-methyl/N-ethyl adjacent to an activating group) is 1. The second kappa shape index (κ2) is 13.6. The molecule has 0 aliphatic rings. The monoisotopic (exact) mass is 389 g/mol. The topological polar surface area (TPSA) is 32.7 Å². The summed E-state index contributed by atoms with van der Waals surface area (Å²) < 4.78 is 5.93. The lowest BCUT2D eigenvalue weighted by molar-refractivity contribution is 0.207. The minimum Gasteiger partial charge on any atom is -0.493 e. The number of aryl methyl sites for hydroxylation is 1. The van der Waals surface area contributed by atoms with Gasteiger partial charge in [-0.25, -0.2) is 0 Å². The van der Waals surface area contributed by atoms with Crippen molar-refractivity contribution >= 4 is 11.8 Å². The average Bonchev–Trinajstić information content (AvgIpc) is 2.68. The molecule has 0 atom stereocenters. The molecule has 27 heavy (non-hydrogen) atoms. The summed E-state index contributed by atoms with van der Waals surface area (Å²) in [6, 6.07) is 15.1. The molecular weight excluding hydrogens is 354 g/mol. The van der Waals surface area contributed by atoms with Crippen molar-refractivity contribution in [2.45, 2.75) is 39.0 Å². The van der Waals surface area contributed by atoms with Crippen LogP contribution >= 0.6 is 11.8 Å². The van der Waals surface area contributed by atoms with Gasteiger partial charge in [0.15, 0.2) is 0 Å². The molecule has 0 unspecified atom stereocenters. The summed E-state index contributed by atoms with van der Waals surface area (Å²) >= 11 is 1.87. The second-order valence-electron chi connectivity index (χ2n) is 6.17. The SMILES string of the molecule is CC.CCSc1cccc(-c2ccc(OCCCN(C)CCO)c(C)c2)c1. The summed E-state index contributed by atoms with van der Waals surface area (Å²) in [6.45, 7) is 10.8. The fourth-order valence-corrected chi connectivity index (χ4v) is 3.44. The standard InChI is InChI=1S/C21H29NO2S.C2H6/c1-4-25-20-8-5-7-18(16-20)19-9-10-21(17(2)15-19)24-14-6-11-22(3)12-13-23;1-2/h5,7-10,15-16,23H,4,6,11-14H2,1-3H3;1-2H3. The molecule has 0 spiro atoms. The first-order valence-corrected chi connectivity index (χ1v) is 10.9. The van der Waals surface area contributed by atoms with Crippen molar-refractivity contribution in [2.24, 2.45) is 0 Å². The van der Waals surface area contributed by atoms with Gasteiger partial charge in [0.25, 0.3) is 0 Å². The summed E-state index contributed by atoms with van der Waals surface area (Å²) in [7, 11) is 2.02. The first kappa shape index (κ1) is 23.5. The van der Waals surface area contributed by atoms with Gasteiger partial charge in [-0.2, -0.15) is 0 Å². The number of ether oxygens (including phenoxy) is 1. The number of rotatable bonds is 10. The minimum atomic E-state index is 0.204. The first-order valence-electron chi connectivity index (χ1n) is 9.90. The molecule has 0 saturated heterocycles. The van der Waals surface area contributed by atoms with Gasteiger partial charge >= 0.3 is 0 Å². The highest BCUT2D eigenvalue weighted by molar-refractivity contribution is 7.99. The number of aliphatic hydroxyl groups excluding tert-OH is 1. The van der Waals surface area contributed by atoms with E-state index in [-0.39, 0.29) is 6.61 Å². The van der Waals surface area contributed by atoms with E-state index in [2.05, 4.69) is 61.2 Å². The van der Waals surface area contributed by atoms with Gasteiger partial charge in [0.1, 0.15) is 5.75 Å². The van der Waals surface area contributed by atoms with Gasteiger partial charge in [0.05, 0.1) is 13.2 Å². The predicted octanol–water partition coefficient (Wildman–Crippen LogP) is 5.49. The van der Waals surface area contributed by atoms with Crippen LogP contribution in [0.1, 0.15) is 32.8 Å². The van der Waals surface area contributed by atoms with Gasteiger partial charge in [0, 0.05) is 18.0 Å². The van der Waals surface area contributed by atoms with Crippen LogP contribution in [0, 0.1) is 6.92 Å². The summed E-state index contributed by atoms with van der Waals surface area (Å²) in [5, 5.41) is 8.90. The van der Waals surface area contributed by atoms with Gasteiger partial charge in [-0.15, -0.1) is 11.8 Å². The Balaban J connectivity index is 0.00000176. The molecular formula is C23H35NO2S. The van der Waals surface area contributed by atoms with Crippen molar-refractivity contribution in [3.63, 3.8) is 0 Å². The lowest BCUT2D eigenvalue weighted by Gasteiger charge is -2.16. The van der Waals surface area contributed by atoms with Gasteiger partial charge in [-0.05, 0) is 67.1 Å². The van der Waals surface area contributed by atoms with Gasteiger partial charge in [0.2, 0.25) is 0 Å². The van der Waals surface area contributed by atoms with E-state index in [1.807, 2.05) is 32.7 Å². The number of benzene rings is 2. The summed E-state index contributed by atoms with van der Waals surface area (Å²) in [6.07, 6.45) is 0.952. The van der Waals surface area contributed by atoms with Crippen LogP contribution in [-0.4, -0.2) is 49.1 Å². The predicted molar refractivity (Wildman–Crippen MR) is 119 cm³/mol. The third-order valence-corrected chi connectivity index (χ3v) is 4.95. The molecule has 0 radical (unpaired) electrons. The van der Waals surface area contributed by atoms with E-state index in [9.17, 15) is 0 Å². The number of hydrogen-bond acceptors (Lipinski definition) is 4. The van der Waals surface area contributed by atoms with Gasteiger partial charge < -0.3 is 14.7 Å². The lowest BCUT2D eigenvalue weighted by atomic mass is 10.0. The molecule has 2 rings (SSSR count). The van der Waals surface area contributed by atoms with E-state index in [1.54, 1.807) is 0 Å². The molecule has 2 aromatic carbocycles. The van der Waals surface area contributed by atoms with Crippen LogP contribution in [0.15, 0.2) is 47.4 Å². The Hall–Kier alpha value is -1.49.